The van der Waals surface area contributed by atoms with Crippen molar-refractivity contribution in [2.75, 3.05) is 5.73 Å². The van der Waals surface area contributed by atoms with Gasteiger partial charge in [-0.25, -0.2) is 4.98 Å². The zero-order valence-corrected chi connectivity index (χ0v) is 10.9. The monoisotopic (exact) mass is 255 g/mol. The Morgan fingerprint density at radius 3 is 2.83 bits per heavy atom. The third kappa shape index (κ3) is 1.75. The molecule has 1 aromatic carbocycles. The molecule has 0 radical (unpaired) electrons. The average Bonchev–Trinajstić information content (AvgIpc) is 2.79. The maximum Gasteiger partial charge on any atom is 0.114 e. The number of nitrogens with two attached hydrogens (primary N) is 1. The lowest BCUT2D eigenvalue weighted by atomic mass is 10.1. The van der Waals surface area contributed by atoms with Gasteiger partial charge in [-0.1, -0.05) is 31.2 Å². The molecule has 0 unspecified atom stereocenters. The molecule has 0 bridgehead atoms. The number of para-hydroxylation sites is 1. The lowest BCUT2D eigenvalue weighted by Gasteiger charge is -2.03. The van der Waals surface area contributed by atoms with Crippen molar-refractivity contribution >= 4 is 27.2 Å². The second-order valence-electron chi connectivity index (χ2n) is 4.05. The molecule has 18 heavy (non-hydrogen) atoms. The first-order valence-electron chi connectivity index (χ1n) is 5.89. The number of hydrogen-bond donors (Lipinski definition) is 1. The first-order valence-corrected chi connectivity index (χ1v) is 6.70. The Hall–Kier alpha value is -1.94. The van der Waals surface area contributed by atoms with Gasteiger partial charge in [-0.15, -0.1) is 11.3 Å². The van der Waals surface area contributed by atoms with E-state index in [9.17, 15) is 0 Å². The number of anilines is 1. The summed E-state index contributed by atoms with van der Waals surface area (Å²) in [5.41, 5.74) is 8.90. The van der Waals surface area contributed by atoms with Gasteiger partial charge >= 0.3 is 0 Å². The fraction of sp³-hybridized carbons (Fsp3) is 0.143. The summed E-state index contributed by atoms with van der Waals surface area (Å²) < 4.78 is 0. The highest BCUT2D eigenvalue weighted by molar-refractivity contribution is 7.16. The van der Waals surface area contributed by atoms with E-state index in [0.29, 0.717) is 0 Å². The Balaban J connectivity index is 2.27. The van der Waals surface area contributed by atoms with Gasteiger partial charge < -0.3 is 5.73 Å². The van der Waals surface area contributed by atoms with Crippen molar-refractivity contribution in [2.45, 2.75) is 13.3 Å². The van der Waals surface area contributed by atoms with Crippen LogP contribution in [-0.4, -0.2) is 9.97 Å². The average molecular weight is 255 g/mol. The molecule has 2 heterocycles. The van der Waals surface area contributed by atoms with Gasteiger partial charge in [0.2, 0.25) is 0 Å². The largest absolute Gasteiger partial charge is 0.389 e. The molecular formula is C14H13N3S. The van der Waals surface area contributed by atoms with Crippen molar-refractivity contribution in [3.63, 3.8) is 0 Å². The molecule has 0 aliphatic heterocycles. The van der Waals surface area contributed by atoms with Crippen LogP contribution in [0.1, 0.15) is 11.9 Å². The van der Waals surface area contributed by atoms with E-state index < -0.39 is 0 Å². The fourth-order valence-corrected chi connectivity index (χ4v) is 2.80. The molecule has 2 aromatic heterocycles. The summed E-state index contributed by atoms with van der Waals surface area (Å²) in [5, 5.41) is 2.95. The number of thiazole rings is 1. The van der Waals surface area contributed by atoms with Crippen molar-refractivity contribution in [2.24, 2.45) is 0 Å². The number of pyridine rings is 1. The van der Waals surface area contributed by atoms with E-state index in [4.69, 9.17) is 5.73 Å². The predicted molar refractivity (Wildman–Crippen MR) is 76.6 cm³/mol. The molecule has 4 heteroatoms. The topological polar surface area (TPSA) is 51.8 Å². The second kappa shape index (κ2) is 4.38. The molecule has 0 aliphatic carbocycles. The zero-order chi connectivity index (χ0) is 12.5. The second-order valence-corrected chi connectivity index (χ2v) is 5.17. The third-order valence-corrected chi connectivity index (χ3v) is 3.92. The van der Waals surface area contributed by atoms with Crippen molar-refractivity contribution in [3.05, 3.63) is 41.5 Å². The number of aromatic nitrogens is 2. The molecule has 3 nitrogen and oxygen atoms in total. The normalized spacial score (nSPS) is 10.9. The number of hydrogen-bond acceptors (Lipinski definition) is 4. The number of benzene rings is 1. The highest BCUT2D eigenvalue weighted by atomic mass is 32.1. The van der Waals surface area contributed by atoms with Crippen molar-refractivity contribution in [1.29, 1.82) is 0 Å². The van der Waals surface area contributed by atoms with Crippen LogP contribution >= 0.6 is 11.3 Å². The summed E-state index contributed by atoms with van der Waals surface area (Å²) >= 11 is 1.56. The predicted octanol–water partition coefficient (Wildman–Crippen LogP) is 3.50. The van der Waals surface area contributed by atoms with Gasteiger partial charge in [-0.2, -0.15) is 0 Å². The van der Waals surface area contributed by atoms with Crippen LogP contribution in [-0.2, 0) is 6.42 Å². The Labute approximate surface area is 109 Å². The molecule has 0 amide bonds. The molecule has 0 aliphatic rings. The molecule has 0 spiro atoms. The summed E-state index contributed by atoms with van der Waals surface area (Å²) in [6.07, 6.45) is 2.71. The maximum atomic E-state index is 6.07. The SMILES string of the molecule is CCc1nc(-c2cccc3cccnc23)c(N)s1. The van der Waals surface area contributed by atoms with Crippen molar-refractivity contribution in [1.82, 2.24) is 9.97 Å². The molecular weight excluding hydrogens is 242 g/mol. The van der Waals surface area contributed by atoms with E-state index in [1.54, 1.807) is 17.5 Å². The smallest absolute Gasteiger partial charge is 0.114 e. The van der Waals surface area contributed by atoms with Crippen LogP contribution < -0.4 is 5.73 Å². The van der Waals surface area contributed by atoms with Crippen LogP contribution in [0.2, 0.25) is 0 Å². The van der Waals surface area contributed by atoms with E-state index in [-0.39, 0.29) is 0 Å². The van der Waals surface area contributed by atoms with E-state index in [1.165, 1.54) is 0 Å². The first kappa shape index (κ1) is 11.2. The minimum Gasteiger partial charge on any atom is -0.389 e. The summed E-state index contributed by atoms with van der Waals surface area (Å²) in [6.45, 7) is 2.09. The lowest BCUT2D eigenvalue weighted by Crippen LogP contribution is -1.89. The van der Waals surface area contributed by atoms with Crippen molar-refractivity contribution in [3.8, 4) is 11.3 Å². The van der Waals surface area contributed by atoms with Gasteiger partial charge in [0.25, 0.3) is 0 Å². The summed E-state index contributed by atoms with van der Waals surface area (Å²) in [6, 6.07) is 10.1. The van der Waals surface area contributed by atoms with Crippen molar-refractivity contribution < 1.29 is 0 Å². The minimum absolute atomic E-state index is 0.769. The molecule has 0 saturated heterocycles. The molecule has 90 valence electrons. The summed E-state index contributed by atoms with van der Waals surface area (Å²) in [4.78, 5) is 9.04. The van der Waals surface area contributed by atoms with Gasteiger partial charge in [0, 0.05) is 17.1 Å². The molecule has 0 atom stereocenters. The number of rotatable bonds is 2. The number of fused-ring (bicyclic) bond motifs is 1. The van der Waals surface area contributed by atoms with Gasteiger partial charge in [0.15, 0.2) is 0 Å². The Kier molecular flexibility index (Phi) is 2.72. The van der Waals surface area contributed by atoms with Crippen LogP contribution in [0, 0.1) is 0 Å². The summed E-state index contributed by atoms with van der Waals surface area (Å²) in [5.74, 6) is 0. The van der Waals surface area contributed by atoms with Crippen LogP contribution in [0.4, 0.5) is 5.00 Å². The molecule has 0 fully saturated rings. The highest BCUT2D eigenvalue weighted by Crippen LogP contribution is 2.34. The van der Waals surface area contributed by atoms with Gasteiger partial charge in [-0.3, -0.25) is 4.98 Å². The van der Waals surface area contributed by atoms with E-state index >= 15 is 0 Å². The number of nitrogens with zero attached hydrogens (tertiary/aromatic N) is 2. The van der Waals surface area contributed by atoms with Crippen LogP contribution in [0.25, 0.3) is 22.2 Å². The van der Waals surface area contributed by atoms with Crippen LogP contribution in [0.3, 0.4) is 0 Å². The number of nitrogen functional groups attached to an aromatic ring is 1. The van der Waals surface area contributed by atoms with Gasteiger partial charge in [-0.05, 0) is 12.5 Å². The maximum absolute atomic E-state index is 6.07. The fourth-order valence-electron chi connectivity index (χ4n) is 2.02. The lowest BCUT2D eigenvalue weighted by molar-refractivity contribution is 1.10. The summed E-state index contributed by atoms with van der Waals surface area (Å²) in [7, 11) is 0. The highest BCUT2D eigenvalue weighted by Gasteiger charge is 2.12. The standard InChI is InChI=1S/C14H13N3S/c1-2-11-17-13(14(15)18-11)10-7-3-5-9-6-4-8-16-12(9)10/h3-8H,2,15H2,1H3. The molecule has 3 rings (SSSR count). The van der Waals surface area contributed by atoms with Gasteiger partial charge in [0.05, 0.1) is 10.5 Å². The van der Waals surface area contributed by atoms with E-state index in [0.717, 1.165) is 38.6 Å². The third-order valence-electron chi connectivity index (χ3n) is 2.89. The quantitative estimate of drug-likeness (QED) is 0.762. The minimum atomic E-state index is 0.769. The van der Waals surface area contributed by atoms with E-state index in [1.807, 2.05) is 18.2 Å². The molecule has 3 aromatic rings. The molecule has 2 N–H and O–H groups in total. The zero-order valence-electron chi connectivity index (χ0n) is 10.1. The number of aryl methyl sites for hydroxylation is 1. The van der Waals surface area contributed by atoms with Gasteiger partial charge in [0.1, 0.15) is 10.7 Å². The van der Waals surface area contributed by atoms with Crippen LogP contribution in [0.15, 0.2) is 36.5 Å². The Morgan fingerprint density at radius 2 is 2.06 bits per heavy atom. The van der Waals surface area contributed by atoms with E-state index in [2.05, 4.69) is 29.0 Å². The van der Waals surface area contributed by atoms with Crippen LogP contribution in [0.5, 0.6) is 0 Å². The molecule has 0 saturated carbocycles. The Bertz CT molecular complexity index is 698. The Morgan fingerprint density at radius 1 is 1.22 bits per heavy atom. The first-order chi connectivity index (χ1) is 8.79.